The van der Waals surface area contributed by atoms with E-state index in [1.807, 2.05) is 29.0 Å². The molecule has 4 rings (SSSR count). The lowest BCUT2D eigenvalue weighted by molar-refractivity contribution is -0.132. The van der Waals surface area contributed by atoms with Gasteiger partial charge in [-0.3, -0.25) is 9.59 Å². The Kier molecular flexibility index (Phi) is 9.85. The van der Waals surface area contributed by atoms with E-state index in [-0.39, 0.29) is 17.7 Å². The van der Waals surface area contributed by atoms with E-state index in [4.69, 9.17) is 4.98 Å². The molecule has 0 N–H and O–H groups in total. The van der Waals surface area contributed by atoms with E-state index in [2.05, 4.69) is 43.2 Å². The molecule has 1 atom stereocenters. The minimum absolute atomic E-state index is 0.119. The van der Waals surface area contributed by atoms with Crippen molar-refractivity contribution in [3.63, 3.8) is 0 Å². The Morgan fingerprint density at radius 1 is 1.03 bits per heavy atom. The zero-order valence-electron chi connectivity index (χ0n) is 24.4. The summed E-state index contributed by atoms with van der Waals surface area (Å²) in [4.78, 5) is 37.8. The number of fused-ring (bicyclic) bond motifs is 1. The molecular formula is C31H49N5O2. The monoisotopic (exact) mass is 523 g/mol. The van der Waals surface area contributed by atoms with Crippen molar-refractivity contribution >= 4 is 22.8 Å². The third kappa shape index (κ3) is 7.16. The molecule has 210 valence electrons. The van der Waals surface area contributed by atoms with Crippen LogP contribution in [-0.4, -0.2) is 82.4 Å². The molecule has 2 aromatic rings. The summed E-state index contributed by atoms with van der Waals surface area (Å²) in [5.41, 5.74) is 2.71. The predicted molar refractivity (Wildman–Crippen MR) is 154 cm³/mol. The van der Waals surface area contributed by atoms with Crippen molar-refractivity contribution in [1.82, 2.24) is 24.3 Å². The number of hydrogen-bond acceptors (Lipinski definition) is 4. The highest BCUT2D eigenvalue weighted by Gasteiger charge is 2.29. The van der Waals surface area contributed by atoms with Gasteiger partial charge in [-0.1, -0.05) is 27.7 Å². The molecule has 0 radical (unpaired) electrons. The molecule has 1 unspecified atom stereocenters. The Morgan fingerprint density at radius 3 is 2.34 bits per heavy atom. The largest absolute Gasteiger partial charge is 0.346 e. The molecule has 2 aliphatic heterocycles. The SMILES string of the molecule is CC(C)CCN(CCC(C)C)C(=O)c1ccc2nc(C3CCN(C)C(=O)C3)n(CCCN3CCCC3)c2c1. The number of imidazole rings is 1. The number of carbonyl (C=O) groups is 2. The summed E-state index contributed by atoms with van der Waals surface area (Å²) in [5.74, 6) is 2.58. The highest BCUT2D eigenvalue weighted by molar-refractivity contribution is 5.97. The summed E-state index contributed by atoms with van der Waals surface area (Å²) < 4.78 is 2.33. The Hall–Kier alpha value is -2.41. The van der Waals surface area contributed by atoms with Crippen LogP contribution in [0, 0.1) is 11.8 Å². The van der Waals surface area contributed by atoms with Crippen molar-refractivity contribution < 1.29 is 9.59 Å². The first kappa shape index (κ1) is 28.6. The topological polar surface area (TPSA) is 61.7 Å². The number of aryl methyl sites for hydroxylation is 1. The number of carbonyl (C=O) groups excluding carboxylic acids is 2. The molecular weight excluding hydrogens is 474 g/mol. The maximum Gasteiger partial charge on any atom is 0.253 e. The first-order valence-electron chi connectivity index (χ1n) is 15.0. The van der Waals surface area contributed by atoms with Crippen LogP contribution in [0.4, 0.5) is 0 Å². The molecule has 0 aliphatic carbocycles. The average molecular weight is 524 g/mol. The van der Waals surface area contributed by atoms with Gasteiger partial charge in [0.25, 0.3) is 5.91 Å². The Labute approximate surface area is 229 Å². The van der Waals surface area contributed by atoms with Crippen LogP contribution in [0.5, 0.6) is 0 Å². The maximum absolute atomic E-state index is 13.7. The van der Waals surface area contributed by atoms with Gasteiger partial charge >= 0.3 is 0 Å². The summed E-state index contributed by atoms with van der Waals surface area (Å²) >= 11 is 0. The predicted octanol–water partition coefficient (Wildman–Crippen LogP) is 5.39. The number of nitrogens with zero attached hydrogens (tertiary/aromatic N) is 5. The third-order valence-corrected chi connectivity index (χ3v) is 8.34. The standard InChI is InChI=1S/C31H49N5O2/c1-23(2)11-19-35(20-12-24(3)4)31(38)26-9-10-27-28(21-26)36(17-8-16-34-14-6-7-15-34)30(32-27)25-13-18-33(5)29(37)22-25/h9-10,21,23-25H,6-8,11-20,22H2,1-5H3. The maximum atomic E-state index is 13.7. The van der Waals surface area contributed by atoms with Crippen molar-refractivity contribution in [3.05, 3.63) is 29.6 Å². The normalized spacial score (nSPS) is 18.9. The summed E-state index contributed by atoms with van der Waals surface area (Å²) in [6, 6.07) is 6.04. The highest BCUT2D eigenvalue weighted by Crippen LogP contribution is 2.31. The van der Waals surface area contributed by atoms with E-state index in [0.717, 1.165) is 80.8 Å². The molecule has 0 bridgehead atoms. The van der Waals surface area contributed by atoms with E-state index in [9.17, 15) is 9.59 Å². The first-order valence-corrected chi connectivity index (χ1v) is 15.0. The van der Waals surface area contributed by atoms with Crippen molar-refractivity contribution in [2.75, 3.05) is 46.3 Å². The van der Waals surface area contributed by atoms with Gasteiger partial charge in [-0.2, -0.15) is 0 Å². The molecule has 3 heterocycles. The Balaban J connectivity index is 1.62. The fraction of sp³-hybridized carbons (Fsp3) is 0.710. The minimum Gasteiger partial charge on any atom is -0.346 e. The molecule has 2 aliphatic rings. The highest BCUT2D eigenvalue weighted by atomic mass is 16.2. The quantitative estimate of drug-likeness (QED) is 0.374. The van der Waals surface area contributed by atoms with E-state index in [0.29, 0.717) is 18.3 Å². The van der Waals surface area contributed by atoms with Gasteiger partial charge in [-0.25, -0.2) is 4.98 Å². The van der Waals surface area contributed by atoms with Crippen LogP contribution in [0.25, 0.3) is 11.0 Å². The lowest BCUT2D eigenvalue weighted by Crippen LogP contribution is -2.35. The fourth-order valence-electron chi connectivity index (χ4n) is 5.77. The number of hydrogen-bond donors (Lipinski definition) is 0. The van der Waals surface area contributed by atoms with Gasteiger partial charge in [0.1, 0.15) is 5.82 Å². The van der Waals surface area contributed by atoms with Crippen molar-refractivity contribution in [1.29, 1.82) is 0 Å². The number of rotatable bonds is 12. The second-order valence-electron chi connectivity index (χ2n) is 12.4. The molecule has 2 saturated heterocycles. The number of piperidine rings is 1. The van der Waals surface area contributed by atoms with Gasteiger partial charge in [0.15, 0.2) is 0 Å². The van der Waals surface area contributed by atoms with E-state index in [1.54, 1.807) is 0 Å². The van der Waals surface area contributed by atoms with Crippen LogP contribution < -0.4 is 0 Å². The third-order valence-electron chi connectivity index (χ3n) is 8.34. The molecule has 7 nitrogen and oxygen atoms in total. The van der Waals surface area contributed by atoms with Gasteiger partial charge in [-0.05, 0) is 88.2 Å². The van der Waals surface area contributed by atoms with Gasteiger partial charge in [0.05, 0.1) is 11.0 Å². The summed E-state index contributed by atoms with van der Waals surface area (Å²) in [5, 5.41) is 0. The average Bonchev–Trinajstić information content (AvgIpc) is 3.53. The molecule has 1 aromatic heterocycles. The van der Waals surface area contributed by atoms with Crippen LogP contribution in [0.1, 0.15) is 94.7 Å². The number of aromatic nitrogens is 2. The van der Waals surface area contributed by atoms with Crippen LogP contribution >= 0.6 is 0 Å². The first-order chi connectivity index (χ1) is 18.2. The molecule has 7 heteroatoms. The molecule has 38 heavy (non-hydrogen) atoms. The van der Waals surface area contributed by atoms with Crippen LogP contribution in [0.15, 0.2) is 18.2 Å². The minimum atomic E-state index is 0.119. The number of amides is 2. The molecule has 2 fully saturated rings. The number of likely N-dealkylation sites (tertiary alicyclic amines) is 2. The summed E-state index contributed by atoms with van der Waals surface area (Å²) in [7, 11) is 1.89. The lowest BCUT2D eigenvalue weighted by Gasteiger charge is -2.29. The van der Waals surface area contributed by atoms with Crippen molar-refractivity contribution in [2.45, 2.75) is 85.1 Å². The van der Waals surface area contributed by atoms with Gasteiger partial charge in [0.2, 0.25) is 5.91 Å². The smallest absolute Gasteiger partial charge is 0.253 e. The van der Waals surface area contributed by atoms with Gasteiger partial charge < -0.3 is 19.3 Å². The lowest BCUT2D eigenvalue weighted by atomic mass is 9.95. The summed E-state index contributed by atoms with van der Waals surface area (Å²) in [6.07, 6.45) is 7.10. The van der Waals surface area contributed by atoms with Gasteiger partial charge in [-0.15, -0.1) is 0 Å². The van der Waals surface area contributed by atoms with Crippen LogP contribution in [-0.2, 0) is 11.3 Å². The zero-order chi connectivity index (χ0) is 27.2. The molecule has 2 amide bonds. The van der Waals surface area contributed by atoms with E-state index in [1.165, 1.54) is 25.9 Å². The number of benzene rings is 1. The van der Waals surface area contributed by atoms with E-state index >= 15 is 0 Å². The Morgan fingerprint density at radius 2 is 1.71 bits per heavy atom. The Bertz CT molecular complexity index is 1070. The second-order valence-corrected chi connectivity index (χ2v) is 12.4. The second kappa shape index (κ2) is 13.1. The van der Waals surface area contributed by atoms with Crippen LogP contribution in [0.3, 0.4) is 0 Å². The molecule has 1 aromatic carbocycles. The zero-order valence-corrected chi connectivity index (χ0v) is 24.4. The van der Waals surface area contributed by atoms with Crippen molar-refractivity contribution in [3.8, 4) is 0 Å². The van der Waals surface area contributed by atoms with Gasteiger partial charge in [0, 0.05) is 51.1 Å². The fourth-order valence-corrected chi connectivity index (χ4v) is 5.77. The van der Waals surface area contributed by atoms with E-state index < -0.39 is 0 Å². The van der Waals surface area contributed by atoms with Crippen molar-refractivity contribution in [2.24, 2.45) is 11.8 Å². The summed E-state index contributed by atoms with van der Waals surface area (Å²) in [6.45, 7) is 15.6. The molecule has 0 spiro atoms. The van der Waals surface area contributed by atoms with Crippen LogP contribution in [0.2, 0.25) is 0 Å². The molecule has 0 saturated carbocycles.